The van der Waals surface area contributed by atoms with E-state index in [1.165, 1.54) is 17.2 Å². The van der Waals surface area contributed by atoms with Crippen LogP contribution in [0.15, 0.2) is 90.2 Å². The zero-order valence-electron chi connectivity index (χ0n) is 19.3. The second-order valence-electron chi connectivity index (χ2n) is 8.23. The maximum Gasteiger partial charge on any atom is 0.284 e. The number of fused-ring (bicyclic) bond motifs is 1. The lowest BCUT2D eigenvalue weighted by Gasteiger charge is -2.12. The van der Waals surface area contributed by atoms with Crippen molar-refractivity contribution in [3.05, 3.63) is 107 Å². The first-order valence-corrected chi connectivity index (χ1v) is 11.4. The van der Waals surface area contributed by atoms with Gasteiger partial charge in [-0.05, 0) is 47.0 Å². The predicted molar refractivity (Wildman–Crippen MR) is 137 cm³/mol. The molecule has 0 aliphatic rings. The van der Waals surface area contributed by atoms with Crippen molar-refractivity contribution in [3.63, 3.8) is 0 Å². The van der Waals surface area contributed by atoms with Crippen molar-refractivity contribution in [1.29, 1.82) is 0 Å². The van der Waals surface area contributed by atoms with Crippen molar-refractivity contribution < 1.29 is 9.90 Å². The number of nitrogens with zero attached hydrogens (tertiary/aromatic N) is 4. The van der Waals surface area contributed by atoms with Crippen molar-refractivity contribution in [2.45, 2.75) is 6.54 Å². The Kier molecular flexibility index (Phi) is 6.40. The number of aliphatic hydroxyl groups excluding tert-OH is 1. The van der Waals surface area contributed by atoms with Crippen LogP contribution in [0.25, 0.3) is 33.7 Å². The number of benzene rings is 3. The quantitative estimate of drug-likeness (QED) is 0.293. The van der Waals surface area contributed by atoms with Gasteiger partial charge in [0.25, 0.3) is 5.56 Å². The van der Waals surface area contributed by atoms with Crippen molar-refractivity contribution >= 4 is 17.1 Å². The molecule has 0 atom stereocenters. The van der Waals surface area contributed by atoms with E-state index in [1.54, 1.807) is 28.8 Å². The molecular weight excluding hydrogens is 456 g/mol. The van der Waals surface area contributed by atoms with Crippen LogP contribution in [-0.4, -0.2) is 43.3 Å². The van der Waals surface area contributed by atoms with Gasteiger partial charge in [0.2, 0.25) is 5.91 Å². The van der Waals surface area contributed by atoms with Gasteiger partial charge in [-0.1, -0.05) is 42.5 Å². The van der Waals surface area contributed by atoms with Crippen LogP contribution in [0.3, 0.4) is 0 Å². The van der Waals surface area contributed by atoms with E-state index in [2.05, 4.69) is 15.3 Å². The number of hydrogen-bond donors (Lipinski definition) is 3. The molecule has 0 aliphatic carbocycles. The number of imidazole rings is 1. The molecule has 2 aromatic heterocycles. The molecule has 9 heteroatoms. The van der Waals surface area contributed by atoms with Crippen molar-refractivity contribution in [2.75, 3.05) is 13.2 Å². The van der Waals surface area contributed by atoms with Gasteiger partial charge in [-0.15, -0.1) is 0 Å². The molecule has 0 fully saturated rings. The van der Waals surface area contributed by atoms with E-state index < -0.39 is 5.91 Å². The van der Waals surface area contributed by atoms with Gasteiger partial charge in [0, 0.05) is 24.3 Å². The van der Waals surface area contributed by atoms with E-state index in [-0.39, 0.29) is 12.2 Å². The molecule has 1 amide bonds. The number of amides is 1. The summed E-state index contributed by atoms with van der Waals surface area (Å²) < 4.78 is 3.08. The number of nitrogens with two attached hydrogens (primary N) is 1. The van der Waals surface area contributed by atoms with Crippen LogP contribution in [0, 0.1) is 0 Å². The monoisotopic (exact) mass is 480 g/mol. The van der Waals surface area contributed by atoms with E-state index in [4.69, 9.17) is 10.8 Å². The zero-order chi connectivity index (χ0) is 25.1. The van der Waals surface area contributed by atoms with E-state index in [0.29, 0.717) is 41.2 Å². The number of aliphatic hydroxyl groups is 1. The molecule has 2 heterocycles. The van der Waals surface area contributed by atoms with Crippen molar-refractivity contribution in [1.82, 2.24) is 24.4 Å². The Balaban J connectivity index is 1.52. The molecule has 0 unspecified atom stereocenters. The van der Waals surface area contributed by atoms with Gasteiger partial charge >= 0.3 is 0 Å². The van der Waals surface area contributed by atoms with Gasteiger partial charge in [-0.25, -0.2) is 9.97 Å². The van der Waals surface area contributed by atoms with Crippen LogP contribution in [0.5, 0.6) is 0 Å². The molecular formula is C27H24N6O3. The maximum absolute atomic E-state index is 13.5. The normalized spacial score (nSPS) is 11.1. The largest absolute Gasteiger partial charge is 0.395 e. The molecule has 180 valence electrons. The average Bonchev–Trinajstić information content (AvgIpc) is 3.35. The summed E-state index contributed by atoms with van der Waals surface area (Å²) in [5.74, 6) is -0.553. The molecule has 5 aromatic rings. The lowest BCUT2D eigenvalue weighted by atomic mass is 9.99. The number of carbonyl (C=O) groups excluding carboxylic acids is 1. The smallest absolute Gasteiger partial charge is 0.284 e. The second kappa shape index (κ2) is 9.95. The van der Waals surface area contributed by atoms with Gasteiger partial charge in [0.1, 0.15) is 12.7 Å². The first-order valence-electron chi connectivity index (χ1n) is 11.4. The second-order valence-corrected chi connectivity index (χ2v) is 8.23. The highest BCUT2D eigenvalue weighted by molar-refractivity contribution is 5.93. The highest BCUT2D eigenvalue weighted by Crippen LogP contribution is 2.25. The third kappa shape index (κ3) is 4.40. The number of hydrogen-bond acceptors (Lipinski definition) is 6. The van der Waals surface area contributed by atoms with E-state index in [1.807, 2.05) is 48.5 Å². The molecule has 0 saturated carbocycles. The van der Waals surface area contributed by atoms with Crippen LogP contribution < -0.4 is 16.6 Å². The van der Waals surface area contributed by atoms with Gasteiger partial charge in [-0.2, -0.15) is 0 Å². The Morgan fingerprint density at radius 3 is 2.42 bits per heavy atom. The summed E-state index contributed by atoms with van der Waals surface area (Å²) in [5.41, 5.74) is 10.5. The number of primary amides is 1. The van der Waals surface area contributed by atoms with Crippen molar-refractivity contribution in [2.24, 2.45) is 5.73 Å². The minimum Gasteiger partial charge on any atom is -0.395 e. The topological polar surface area (TPSA) is 128 Å². The van der Waals surface area contributed by atoms with E-state index in [0.717, 1.165) is 16.7 Å². The Morgan fingerprint density at radius 1 is 0.917 bits per heavy atom. The molecule has 4 N–H and O–H groups in total. The van der Waals surface area contributed by atoms with Gasteiger partial charge < -0.3 is 16.2 Å². The maximum atomic E-state index is 13.5. The van der Waals surface area contributed by atoms with Gasteiger partial charge in [0.15, 0.2) is 11.2 Å². The first kappa shape index (κ1) is 23.2. The standard InChI is InChI=1S/C27H24N6O3/c28-25(35)19-5-3-6-22(14-19)32-16-30-26-24(32)27(36)33(17-31-26)21-10-8-18(9-11-21)23-7-2-1-4-20(23)15-29-12-13-34/h1-11,14,16-17,29,34H,12-13,15H2,(H2,28,35). The molecule has 0 aliphatic heterocycles. The van der Waals surface area contributed by atoms with Crippen LogP contribution in [-0.2, 0) is 6.54 Å². The molecule has 9 nitrogen and oxygen atoms in total. The minimum atomic E-state index is -0.553. The van der Waals surface area contributed by atoms with E-state index in [9.17, 15) is 9.59 Å². The van der Waals surface area contributed by atoms with Crippen LogP contribution in [0.1, 0.15) is 15.9 Å². The summed E-state index contributed by atoms with van der Waals surface area (Å²) >= 11 is 0. The SMILES string of the molecule is NC(=O)c1cccc(-n2cnc3ncn(-c4ccc(-c5ccccc5CNCCO)cc4)c(=O)c32)c1. The molecule has 0 radical (unpaired) electrons. The molecule has 3 aromatic carbocycles. The summed E-state index contributed by atoms with van der Waals surface area (Å²) in [7, 11) is 0. The molecule has 0 spiro atoms. The highest BCUT2D eigenvalue weighted by atomic mass is 16.3. The minimum absolute atomic E-state index is 0.0828. The number of rotatable bonds is 8. The van der Waals surface area contributed by atoms with Crippen LogP contribution >= 0.6 is 0 Å². The third-order valence-corrected chi connectivity index (χ3v) is 5.95. The summed E-state index contributed by atoms with van der Waals surface area (Å²) in [6.07, 6.45) is 2.97. The Bertz CT molecular complexity index is 1600. The number of carbonyl (C=O) groups is 1. The Labute approximate surface area is 206 Å². The molecule has 0 bridgehead atoms. The first-order chi connectivity index (χ1) is 17.6. The summed E-state index contributed by atoms with van der Waals surface area (Å²) in [4.78, 5) is 33.7. The van der Waals surface area contributed by atoms with Gasteiger partial charge in [0.05, 0.1) is 12.3 Å². The fourth-order valence-electron chi connectivity index (χ4n) is 4.16. The summed E-state index contributed by atoms with van der Waals surface area (Å²) in [6.45, 7) is 1.24. The highest BCUT2D eigenvalue weighted by Gasteiger charge is 2.14. The van der Waals surface area contributed by atoms with Crippen LogP contribution in [0.2, 0.25) is 0 Å². The van der Waals surface area contributed by atoms with Crippen LogP contribution in [0.4, 0.5) is 0 Å². The molecule has 5 rings (SSSR count). The third-order valence-electron chi connectivity index (χ3n) is 5.95. The summed E-state index contributed by atoms with van der Waals surface area (Å²) in [5, 5.41) is 12.3. The van der Waals surface area contributed by atoms with Gasteiger partial charge in [-0.3, -0.25) is 18.7 Å². The zero-order valence-corrected chi connectivity index (χ0v) is 19.3. The summed E-state index contributed by atoms with van der Waals surface area (Å²) in [6, 6.07) is 22.4. The Hall–Kier alpha value is -4.60. The lowest BCUT2D eigenvalue weighted by Crippen LogP contribution is -2.21. The Morgan fingerprint density at radius 2 is 1.67 bits per heavy atom. The fourth-order valence-corrected chi connectivity index (χ4v) is 4.16. The molecule has 36 heavy (non-hydrogen) atoms. The van der Waals surface area contributed by atoms with E-state index >= 15 is 0 Å². The lowest BCUT2D eigenvalue weighted by molar-refractivity contribution is 0.1000. The fraction of sp³-hybridized carbons (Fsp3) is 0.111. The number of nitrogens with one attached hydrogen (secondary N) is 1. The number of aromatic nitrogens is 4. The average molecular weight is 481 g/mol. The predicted octanol–water partition coefficient (Wildman–Crippen LogP) is 2.42. The molecule has 0 saturated heterocycles. The van der Waals surface area contributed by atoms with Crippen molar-refractivity contribution in [3.8, 4) is 22.5 Å².